The van der Waals surface area contributed by atoms with Crippen LogP contribution >= 0.6 is 0 Å². The monoisotopic (exact) mass is 196 g/mol. The second-order valence-corrected chi connectivity index (χ2v) is 2.62. The summed E-state index contributed by atoms with van der Waals surface area (Å²) in [6.45, 7) is 2.20. The zero-order chi connectivity index (χ0) is 10.6. The van der Waals surface area contributed by atoms with E-state index in [9.17, 15) is 10.1 Å². The van der Waals surface area contributed by atoms with Gasteiger partial charge in [0.05, 0.1) is 11.5 Å². The largest absolute Gasteiger partial charge is 0.487 e. The summed E-state index contributed by atoms with van der Waals surface area (Å²) in [7, 11) is 1.75. The maximum absolute atomic E-state index is 10.6. The molecule has 0 amide bonds. The molecular weight excluding hydrogens is 184 g/mol. The predicted molar refractivity (Wildman–Crippen MR) is 53.8 cm³/mol. The van der Waals surface area contributed by atoms with Gasteiger partial charge in [0, 0.05) is 24.9 Å². The summed E-state index contributed by atoms with van der Waals surface area (Å²) in [5, 5.41) is 13.5. The fourth-order valence-corrected chi connectivity index (χ4v) is 1.09. The first-order valence-corrected chi connectivity index (χ1v) is 4.28. The Morgan fingerprint density at radius 3 is 2.79 bits per heavy atom. The average molecular weight is 196 g/mol. The third kappa shape index (κ3) is 2.12. The number of nitrogens with one attached hydrogen (secondary N) is 1. The van der Waals surface area contributed by atoms with E-state index in [-0.39, 0.29) is 5.69 Å². The molecule has 0 saturated carbocycles. The molecule has 0 bridgehead atoms. The molecule has 0 unspecified atom stereocenters. The van der Waals surface area contributed by atoms with Crippen LogP contribution in [0.25, 0.3) is 0 Å². The van der Waals surface area contributed by atoms with Gasteiger partial charge in [-0.05, 0) is 13.0 Å². The van der Waals surface area contributed by atoms with Crippen molar-refractivity contribution in [2.75, 3.05) is 19.0 Å². The van der Waals surface area contributed by atoms with Crippen LogP contribution < -0.4 is 10.1 Å². The number of nitro groups is 1. The van der Waals surface area contributed by atoms with Gasteiger partial charge in [-0.1, -0.05) is 0 Å². The van der Waals surface area contributed by atoms with Gasteiger partial charge >= 0.3 is 5.69 Å². The van der Waals surface area contributed by atoms with Gasteiger partial charge in [-0.15, -0.1) is 0 Å². The average Bonchev–Trinajstić information content (AvgIpc) is 2.17. The molecule has 0 radical (unpaired) electrons. The Morgan fingerprint density at radius 1 is 1.57 bits per heavy atom. The van der Waals surface area contributed by atoms with Gasteiger partial charge in [0.15, 0.2) is 5.75 Å². The fourth-order valence-electron chi connectivity index (χ4n) is 1.09. The molecular formula is C9H12N2O3. The summed E-state index contributed by atoms with van der Waals surface area (Å²) in [5.74, 6) is 0.296. The van der Waals surface area contributed by atoms with Gasteiger partial charge in [-0.2, -0.15) is 0 Å². The highest BCUT2D eigenvalue weighted by atomic mass is 16.6. The van der Waals surface area contributed by atoms with E-state index in [1.54, 1.807) is 26.1 Å². The SMILES string of the molecule is CCOc1cc(NC)ccc1[N+](=O)[O-]. The molecule has 0 aliphatic carbocycles. The van der Waals surface area contributed by atoms with Crippen LogP contribution in [0.15, 0.2) is 18.2 Å². The molecule has 1 aromatic rings. The molecule has 1 rings (SSSR count). The molecule has 5 heteroatoms. The second kappa shape index (κ2) is 4.45. The summed E-state index contributed by atoms with van der Waals surface area (Å²) in [6.07, 6.45) is 0. The van der Waals surface area contributed by atoms with Crippen LogP contribution in [0.3, 0.4) is 0 Å². The summed E-state index contributed by atoms with van der Waals surface area (Å²) in [4.78, 5) is 10.1. The molecule has 14 heavy (non-hydrogen) atoms. The third-order valence-electron chi connectivity index (χ3n) is 1.75. The molecule has 5 nitrogen and oxygen atoms in total. The summed E-state index contributed by atoms with van der Waals surface area (Å²) in [6, 6.07) is 4.68. The highest BCUT2D eigenvalue weighted by molar-refractivity contribution is 5.57. The number of nitrogens with zero attached hydrogens (tertiary/aromatic N) is 1. The number of benzene rings is 1. The Balaban J connectivity index is 3.10. The van der Waals surface area contributed by atoms with Crippen molar-refractivity contribution in [1.82, 2.24) is 0 Å². The number of nitro benzene ring substituents is 1. The lowest BCUT2D eigenvalue weighted by Gasteiger charge is -2.06. The standard InChI is InChI=1S/C9H12N2O3/c1-3-14-9-6-7(10-2)4-5-8(9)11(12)13/h4-6,10H,3H2,1-2H3. The van der Waals surface area contributed by atoms with E-state index in [1.165, 1.54) is 6.07 Å². The fraction of sp³-hybridized carbons (Fsp3) is 0.333. The first-order chi connectivity index (χ1) is 6.69. The molecule has 0 aliphatic rings. The number of hydrogen-bond acceptors (Lipinski definition) is 4. The normalized spacial score (nSPS) is 9.57. The molecule has 0 spiro atoms. The Hall–Kier alpha value is -1.78. The van der Waals surface area contributed by atoms with Gasteiger partial charge < -0.3 is 10.1 Å². The van der Waals surface area contributed by atoms with E-state index >= 15 is 0 Å². The Kier molecular flexibility index (Phi) is 3.28. The van der Waals surface area contributed by atoms with Crippen molar-refractivity contribution in [2.45, 2.75) is 6.92 Å². The van der Waals surface area contributed by atoms with Crippen LogP contribution in [-0.2, 0) is 0 Å². The van der Waals surface area contributed by atoms with Crippen molar-refractivity contribution >= 4 is 11.4 Å². The topological polar surface area (TPSA) is 64.4 Å². The van der Waals surface area contributed by atoms with Crippen LogP contribution in [0.5, 0.6) is 5.75 Å². The zero-order valence-corrected chi connectivity index (χ0v) is 8.11. The molecule has 0 aromatic heterocycles. The molecule has 0 heterocycles. The van der Waals surface area contributed by atoms with Crippen LogP contribution in [0.1, 0.15) is 6.92 Å². The van der Waals surface area contributed by atoms with Crippen molar-refractivity contribution in [1.29, 1.82) is 0 Å². The maximum Gasteiger partial charge on any atom is 0.311 e. The zero-order valence-electron chi connectivity index (χ0n) is 8.11. The van der Waals surface area contributed by atoms with E-state index < -0.39 is 4.92 Å². The van der Waals surface area contributed by atoms with Crippen LogP contribution in [0.4, 0.5) is 11.4 Å². The first-order valence-electron chi connectivity index (χ1n) is 4.28. The molecule has 0 atom stereocenters. The van der Waals surface area contributed by atoms with Crippen LogP contribution in [-0.4, -0.2) is 18.6 Å². The van der Waals surface area contributed by atoms with Gasteiger partial charge in [-0.3, -0.25) is 10.1 Å². The smallest absolute Gasteiger partial charge is 0.311 e. The molecule has 1 aromatic carbocycles. The lowest BCUT2D eigenvalue weighted by molar-refractivity contribution is -0.385. The van der Waals surface area contributed by atoms with Crippen LogP contribution in [0, 0.1) is 10.1 Å². The number of rotatable bonds is 4. The minimum absolute atomic E-state index is 0.00847. The van der Waals surface area contributed by atoms with Gasteiger partial charge in [-0.25, -0.2) is 0 Å². The Bertz CT molecular complexity index is 339. The molecule has 0 aliphatic heterocycles. The Labute approximate surface area is 81.8 Å². The maximum atomic E-state index is 10.6. The number of ether oxygens (including phenoxy) is 1. The Morgan fingerprint density at radius 2 is 2.29 bits per heavy atom. The summed E-state index contributed by atoms with van der Waals surface area (Å²) >= 11 is 0. The summed E-state index contributed by atoms with van der Waals surface area (Å²) in [5.41, 5.74) is 0.782. The highest BCUT2D eigenvalue weighted by Gasteiger charge is 2.14. The van der Waals surface area contributed by atoms with Gasteiger partial charge in [0.1, 0.15) is 0 Å². The van der Waals surface area contributed by atoms with Crippen molar-refractivity contribution in [3.8, 4) is 5.75 Å². The summed E-state index contributed by atoms with van der Waals surface area (Å²) < 4.78 is 5.16. The van der Waals surface area contributed by atoms with E-state index in [1.807, 2.05) is 0 Å². The van der Waals surface area contributed by atoms with E-state index in [0.29, 0.717) is 12.4 Å². The molecule has 0 saturated heterocycles. The van der Waals surface area contributed by atoms with Gasteiger partial charge in [0.25, 0.3) is 0 Å². The number of anilines is 1. The third-order valence-corrected chi connectivity index (χ3v) is 1.75. The minimum Gasteiger partial charge on any atom is -0.487 e. The van der Waals surface area contributed by atoms with Crippen molar-refractivity contribution < 1.29 is 9.66 Å². The molecule has 0 fully saturated rings. The lowest BCUT2D eigenvalue weighted by Crippen LogP contribution is -1.98. The quantitative estimate of drug-likeness (QED) is 0.591. The van der Waals surface area contributed by atoms with Crippen molar-refractivity contribution in [3.05, 3.63) is 28.3 Å². The number of hydrogen-bond donors (Lipinski definition) is 1. The predicted octanol–water partition coefficient (Wildman–Crippen LogP) is 2.04. The molecule has 76 valence electrons. The van der Waals surface area contributed by atoms with Crippen LogP contribution in [0.2, 0.25) is 0 Å². The highest BCUT2D eigenvalue weighted by Crippen LogP contribution is 2.29. The minimum atomic E-state index is -0.454. The van der Waals surface area contributed by atoms with Gasteiger partial charge in [0.2, 0.25) is 0 Å². The first kappa shape index (κ1) is 10.3. The second-order valence-electron chi connectivity index (χ2n) is 2.62. The van der Waals surface area contributed by atoms with E-state index in [4.69, 9.17) is 4.74 Å². The molecule has 1 N–H and O–H groups in total. The lowest BCUT2D eigenvalue weighted by atomic mass is 10.2. The van der Waals surface area contributed by atoms with Crippen molar-refractivity contribution in [2.24, 2.45) is 0 Å². The van der Waals surface area contributed by atoms with Crippen molar-refractivity contribution in [3.63, 3.8) is 0 Å². The van der Waals surface area contributed by atoms with E-state index in [0.717, 1.165) is 5.69 Å². The van der Waals surface area contributed by atoms with E-state index in [2.05, 4.69) is 5.32 Å².